The predicted molar refractivity (Wildman–Crippen MR) is 42.6 cm³/mol. The standard InChI is InChI=1S/C8H11N2.Y/c1-7-3-5-8(6-4-7)10(2)9;/h3,5-6H,9H2,1-2H3;/q-1;. The summed E-state index contributed by atoms with van der Waals surface area (Å²) in [7, 11) is 1.80. The number of rotatable bonds is 1. The smallest absolute Gasteiger partial charge is 0.00984 e. The number of hydrazine groups is 1. The molecule has 0 aliphatic rings. The third kappa shape index (κ3) is 3.32. The Bertz CT molecular complexity index is 206. The van der Waals surface area contributed by atoms with E-state index in [9.17, 15) is 0 Å². The summed E-state index contributed by atoms with van der Waals surface area (Å²) in [5.74, 6) is 5.48. The molecule has 0 spiro atoms. The van der Waals surface area contributed by atoms with E-state index < -0.39 is 0 Å². The van der Waals surface area contributed by atoms with Gasteiger partial charge in [0.05, 0.1) is 0 Å². The zero-order valence-electron chi connectivity index (χ0n) is 6.83. The Hall–Kier alpha value is 0.0839. The topological polar surface area (TPSA) is 29.3 Å². The van der Waals surface area contributed by atoms with Gasteiger partial charge in [-0.2, -0.15) is 23.8 Å². The number of anilines is 1. The number of hydrogen-bond donors (Lipinski definition) is 1. The molecule has 11 heavy (non-hydrogen) atoms. The Morgan fingerprint density at radius 2 is 2.09 bits per heavy atom. The summed E-state index contributed by atoms with van der Waals surface area (Å²) in [6.07, 6.45) is 0. The first kappa shape index (κ1) is 11.1. The summed E-state index contributed by atoms with van der Waals surface area (Å²) >= 11 is 0. The van der Waals surface area contributed by atoms with E-state index in [-0.39, 0.29) is 32.7 Å². The third-order valence-electron chi connectivity index (χ3n) is 1.36. The Labute approximate surface area is 92.6 Å². The van der Waals surface area contributed by atoms with E-state index in [2.05, 4.69) is 6.07 Å². The van der Waals surface area contributed by atoms with Gasteiger partial charge in [0.1, 0.15) is 0 Å². The molecule has 0 atom stereocenters. The third-order valence-corrected chi connectivity index (χ3v) is 1.36. The van der Waals surface area contributed by atoms with Crippen LogP contribution in [-0.2, 0) is 32.7 Å². The van der Waals surface area contributed by atoms with Crippen LogP contribution in [0.4, 0.5) is 5.69 Å². The monoisotopic (exact) mass is 224 g/mol. The second-order valence-electron chi connectivity index (χ2n) is 2.34. The van der Waals surface area contributed by atoms with Crippen molar-refractivity contribution in [3.8, 4) is 0 Å². The number of hydrogen-bond acceptors (Lipinski definition) is 2. The fourth-order valence-electron chi connectivity index (χ4n) is 0.714. The molecule has 57 valence electrons. The number of aryl methyl sites for hydroxylation is 1. The van der Waals surface area contributed by atoms with Gasteiger partial charge < -0.3 is 5.01 Å². The molecule has 3 heteroatoms. The van der Waals surface area contributed by atoms with E-state index in [1.807, 2.05) is 25.1 Å². The van der Waals surface area contributed by atoms with Gasteiger partial charge in [0.15, 0.2) is 0 Å². The average molecular weight is 224 g/mol. The second-order valence-corrected chi connectivity index (χ2v) is 2.34. The van der Waals surface area contributed by atoms with Crippen molar-refractivity contribution in [1.82, 2.24) is 0 Å². The van der Waals surface area contributed by atoms with Gasteiger partial charge in [-0.05, 0) is 0 Å². The van der Waals surface area contributed by atoms with Crippen molar-refractivity contribution in [1.29, 1.82) is 0 Å². The minimum atomic E-state index is 0. The number of nitrogens with two attached hydrogens (primary N) is 1. The van der Waals surface area contributed by atoms with Crippen molar-refractivity contribution < 1.29 is 32.7 Å². The van der Waals surface area contributed by atoms with E-state index in [0.29, 0.717) is 0 Å². The second kappa shape index (κ2) is 4.86. The molecule has 0 aliphatic heterocycles. The SMILES string of the molecule is Cc1[c-]cc(N(C)N)cc1.[Y]. The van der Waals surface area contributed by atoms with Gasteiger partial charge in [0.25, 0.3) is 0 Å². The van der Waals surface area contributed by atoms with Gasteiger partial charge in [-0.3, -0.25) is 5.84 Å². The summed E-state index contributed by atoms with van der Waals surface area (Å²) < 4.78 is 0. The minimum Gasteiger partial charge on any atom is -0.367 e. The van der Waals surface area contributed by atoms with Crippen LogP contribution in [0, 0.1) is 13.0 Å². The van der Waals surface area contributed by atoms with Crippen molar-refractivity contribution in [3.63, 3.8) is 0 Å². The van der Waals surface area contributed by atoms with Gasteiger partial charge in [0.2, 0.25) is 0 Å². The minimum absolute atomic E-state index is 0. The molecular formula is C8H11N2Y-. The predicted octanol–water partition coefficient (Wildman–Crippen LogP) is 1.10. The Morgan fingerprint density at radius 1 is 1.45 bits per heavy atom. The van der Waals surface area contributed by atoms with Crippen molar-refractivity contribution in [2.75, 3.05) is 12.1 Å². The first-order valence-electron chi connectivity index (χ1n) is 3.17. The van der Waals surface area contributed by atoms with Crippen LogP contribution in [0.1, 0.15) is 5.56 Å². The Kier molecular flexibility index (Phi) is 4.90. The van der Waals surface area contributed by atoms with Crippen molar-refractivity contribution in [2.24, 2.45) is 5.84 Å². The van der Waals surface area contributed by atoms with Gasteiger partial charge >= 0.3 is 0 Å². The Balaban J connectivity index is 0.000001000. The zero-order valence-corrected chi connectivity index (χ0v) is 9.67. The summed E-state index contributed by atoms with van der Waals surface area (Å²) in [6, 6.07) is 8.88. The molecular weight excluding hydrogens is 213 g/mol. The van der Waals surface area contributed by atoms with Crippen molar-refractivity contribution in [2.45, 2.75) is 6.92 Å². The fourth-order valence-corrected chi connectivity index (χ4v) is 0.714. The van der Waals surface area contributed by atoms with Crippen LogP contribution in [0.5, 0.6) is 0 Å². The molecule has 2 N–H and O–H groups in total. The quantitative estimate of drug-likeness (QED) is 0.439. The van der Waals surface area contributed by atoms with Gasteiger partial charge in [0, 0.05) is 39.8 Å². The van der Waals surface area contributed by atoms with Crippen LogP contribution in [0.2, 0.25) is 0 Å². The molecule has 0 amide bonds. The van der Waals surface area contributed by atoms with E-state index in [1.54, 1.807) is 12.1 Å². The average Bonchev–Trinajstić information content (AvgIpc) is 1.88. The van der Waals surface area contributed by atoms with E-state index >= 15 is 0 Å². The van der Waals surface area contributed by atoms with Crippen LogP contribution in [0.15, 0.2) is 18.2 Å². The van der Waals surface area contributed by atoms with Crippen LogP contribution >= 0.6 is 0 Å². The van der Waals surface area contributed by atoms with Crippen LogP contribution in [-0.4, -0.2) is 7.05 Å². The molecule has 0 heterocycles. The molecule has 1 aromatic carbocycles. The maximum absolute atomic E-state index is 5.48. The molecule has 0 fully saturated rings. The summed E-state index contributed by atoms with van der Waals surface area (Å²) in [4.78, 5) is 0. The van der Waals surface area contributed by atoms with E-state index in [4.69, 9.17) is 5.84 Å². The van der Waals surface area contributed by atoms with Crippen LogP contribution < -0.4 is 10.9 Å². The van der Waals surface area contributed by atoms with Crippen molar-refractivity contribution >= 4 is 5.69 Å². The first-order chi connectivity index (χ1) is 4.70. The first-order valence-corrected chi connectivity index (χ1v) is 3.17. The summed E-state index contributed by atoms with van der Waals surface area (Å²) in [5, 5.41) is 1.57. The molecule has 0 bridgehead atoms. The van der Waals surface area contributed by atoms with E-state index in [0.717, 1.165) is 11.3 Å². The van der Waals surface area contributed by atoms with Crippen LogP contribution in [0.25, 0.3) is 0 Å². The van der Waals surface area contributed by atoms with Crippen LogP contribution in [0.3, 0.4) is 0 Å². The molecule has 0 aromatic heterocycles. The Morgan fingerprint density at radius 3 is 2.45 bits per heavy atom. The normalized spacial score (nSPS) is 8.64. The molecule has 1 radical (unpaired) electrons. The number of benzene rings is 1. The number of nitrogens with zero attached hydrogens (tertiary/aromatic N) is 1. The van der Waals surface area contributed by atoms with Gasteiger partial charge in [-0.25, -0.2) is 0 Å². The molecule has 0 saturated carbocycles. The maximum atomic E-state index is 5.48. The largest absolute Gasteiger partial charge is 0.367 e. The molecule has 1 aromatic rings. The molecule has 0 aliphatic carbocycles. The molecule has 1 rings (SSSR count). The molecule has 0 saturated heterocycles. The van der Waals surface area contributed by atoms with Gasteiger partial charge in [-0.15, -0.1) is 6.07 Å². The molecule has 0 unspecified atom stereocenters. The fraction of sp³-hybridized carbons (Fsp3) is 0.250. The van der Waals surface area contributed by atoms with Gasteiger partial charge in [-0.1, -0.05) is 12.6 Å². The summed E-state index contributed by atoms with van der Waals surface area (Å²) in [5.41, 5.74) is 2.11. The summed E-state index contributed by atoms with van der Waals surface area (Å²) in [6.45, 7) is 2.00. The van der Waals surface area contributed by atoms with Crippen molar-refractivity contribution in [3.05, 3.63) is 29.8 Å². The zero-order chi connectivity index (χ0) is 7.56. The maximum Gasteiger partial charge on any atom is 0.00984 e. The molecule has 2 nitrogen and oxygen atoms in total. The van der Waals surface area contributed by atoms with E-state index in [1.165, 1.54) is 0 Å².